The standard InChI is InChI=1S/C19H16N2O4/c1-2-23-16-5-3-4-13(9-16)8-14(11-20)19(22)21-15-6-7-17-18(10-15)25-12-24-17/h3-10H,2,12H2,1H3,(H,21,22). The first-order valence-electron chi connectivity index (χ1n) is 7.75. The second-order valence-corrected chi connectivity index (χ2v) is 5.20. The highest BCUT2D eigenvalue weighted by atomic mass is 16.7. The van der Waals surface area contributed by atoms with E-state index in [0.717, 1.165) is 0 Å². The number of anilines is 1. The number of carbonyl (C=O) groups excluding carboxylic acids is 1. The van der Waals surface area contributed by atoms with E-state index in [1.165, 1.54) is 6.08 Å². The molecule has 0 radical (unpaired) electrons. The lowest BCUT2D eigenvalue weighted by atomic mass is 10.1. The molecule has 25 heavy (non-hydrogen) atoms. The van der Waals surface area contributed by atoms with E-state index in [1.807, 2.05) is 25.1 Å². The third-order valence-electron chi connectivity index (χ3n) is 3.48. The molecule has 0 aliphatic carbocycles. The van der Waals surface area contributed by atoms with Crippen LogP contribution in [-0.2, 0) is 4.79 Å². The van der Waals surface area contributed by atoms with E-state index in [-0.39, 0.29) is 12.4 Å². The lowest BCUT2D eigenvalue weighted by Crippen LogP contribution is -2.13. The van der Waals surface area contributed by atoms with Gasteiger partial charge in [-0.3, -0.25) is 4.79 Å². The minimum absolute atomic E-state index is 0.00804. The molecule has 3 rings (SSSR count). The van der Waals surface area contributed by atoms with Gasteiger partial charge in [0.1, 0.15) is 17.4 Å². The van der Waals surface area contributed by atoms with Crippen LogP contribution in [0, 0.1) is 11.3 Å². The third-order valence-corrected chi connectivity index (χ3v) is 3.48. The number of benzene rings is 2. The molecule has 1 amide bonds. The van der Waals surface area contributed by atoms with Gasteiger partial charge in [0.2, 0.25) is 6.79 Å². The minimum atomic E-state index is -0.497. The van der Waals surface area contributed by atoms with E-state index < -0.39 is 5.91 Å². The number of amides is 1. The van der Waals surface area contributed by atoms with Crippen molar-refractivity contribution in [2.45, 2.75) is 6.92 Å². The maximum atomic E-state index is 12.4. The summed E-state index contributed by atoms with van der Waals surface area (Å²) in [6.07, 6.45) is 1.52. The Morgan fingerprint density at radius 1 is 1.28 bits per heavy atom. The normalized spacial score (nSPS) is 12.4. The summed E-state index contributed by atoms with van der Waals surface area (Å²) in [6, 6.07) is 14.2. The Morgan fingerprint density at radius 2 is 2.12 bits per heavy atom. The zero-order valence-electron chi connectivity index (χ0n) is 13.6. The van der Waals surface area contributed by atoms with Crippen LogP contribution in [0.4, 0.5) is 5.69 Å². The van der Waals surface area contributed by atoms with Gasteiger partial charge in [0.25, 0.3) is 5.91 Å². The van der Waals surface area contributed by atoms with Gasteiger partial charge in [0, 0.05) is 11.8 Å². The molecule has 0 bridgehead atoms. The van der Waals surface area contributed by atoms with E-state index in [0.29, 0.717) is 35.1 Å². The molecule has 1 aliphatic rings. The number of hydrogen-bond donors (Lipinski definition) is 1. The van der Waals surface area contributed by atoms with Crippen molar-refractivity contribution in [3.05, 3.63) is 53.6 Å². The monoisotopic (exact) mass is 336 g/mol. The van der Waals surface area contributed by atoms with Gasteiger partial charge in [0.15, 0.2) is 11.5 Å². The molecule has 6 nitrogen and oxygen atoms in total. The maximum absolute atomic E-state index is 12.4. The van der Waals surface area contributed by atoms with E-state index in [9.17, 15) is 10.1 Å². The molecule has 0 unspecified atom stereocenters. The number of ether oxygens (including phenoxy) is 3. The van der Waals surface area contributed by atoms with Crippen LogP contribution in [0.5, 0.6) is 17.2 Å². The first-order chi connectivity index (χ1) is 12.2. The zero-order valence-corrected chi connectivity index (χ0v) is 13.6. The van der Waals surface area contributed by atoms with Crippen LogP contribution in [0.2, 0.25) is 0 Å². The molecule has 0 aromatic heterocycles. The van der Waals surface area contributed by atoms with Gasteiger partial charge in [-0.15, -0.1) is 0 Å². The fourth-order valence-electron chi connectivity index (χ4n) is 2.35. The van der Waals surface area contributed by atoms with Crippen LogP contribution in [0.25, 0.3) is 6.08 Å². The first-order valence-corrected chi connectivity index (χ1v) is 7.75. The molecule has 6 heteroatoms. The summed E-state index contributed by atoms with van der Waals surface area (Å²) in [7, 11) is 0. The predicted octanol–water partition coefficient (Wildman–Crippen LogP) is 3.36. The van der Waals surface area contributed by atoms with Gasteiger partial charge < -0.3 is 19.5 Å². The molecule has 1 N–H and O–H groups in total. The lowest BCUT2D eigenvalue weighted by Gasteiger charge is -2.06. The molecule has 0 atom stereocenters. The SMILES string of the molecule is CCOc1cccc(C=C(C#N)C(=O)Nc2ccc3c(c2)OCO3)c1. The third kappa shape index (κ3) is 3.90. The predicted molar refractivity (Wildman–Crippen MR) is 92.4 cm³/mol. The number of nitrogens with one attached hydrogen (secondary N) is 1. The van der Waals surface area contributed by atoms with Crippen LogP contribution >= 0.6 is 0 Å². The van der Waals surface area contributed by atoms with E-state index >= 15 is 0 Å². The van der Waals surface area contributed by atoms with Crippen molar-refractivity contribution >= 4 is 17.7 Å². The summed E-state index contributed by atoms with van der Waals surface area (Å²) < 4.78 is 15.9. The quantitative estimate of drug-likeness (QED) is 0.669. The highest BCUT2D eigenvalue weighted by Gasteiger charge is 2.15. The van der Waals surface area contributed by atoms with Crippen molar-refractivity contribution in [1.29, 1.82) is 5.26 Å². The summed E-state index contributed by atoms with van der Waals surface area (Å²) in [5, 5.41) is 12.0. The molecule has 0 saturated carbocycles. The molecule has 1 heterocycles. The number of carbonyl (C=O) groups is 1. The first kappa shape index (κ1) is 16.4. The maximum Gasteiger partial charge on any atom is 0.266 e. The Kier molecular flexibility index (Phi) is 4.86. The summed E-state index contributed by atoms with van der Waals surface area (Å²) in [6.45, 7) is 2.59. The molecule has 2 aromatic carbocycles. The van der Waals surface area contributed by atoms with Crippen LogP contribution in [0.15, 0.2) is 48.0 Å². The largest absolute Gasteiger partial charge is 0.494 e. The minimum Gasteiger partial charge on any atom is -0.494 e. The number of rotatable bonds is 5. The number of hydrogen-bond acceptors (Lipinski definition) is 5. The van der Waals surface area contributed by atoms with E-state index in [2.05, 4.69) is 5.32 Å². The summed E-state index contributed by atoms with van der Waals surface area (Å²) in [4.78, 5) is 12.4. The van der Waals surface area contributed by atoms with Crippen LogP contribution < -0.4 is 19.5 Å². The molecule has 1 aliphatic heterocycles. The topological polar surface area (TPSA) is 80.6 Å². The average molecular weight is 336 g/mol. The Labute approximate surface area is 145 Å². The fraction of sp³-hybridized carbons (Fsp3) is 0.158. The van der Waals surface area contributed by atoms with Crippen molar-refractivity contribution in [1.82, 2.24) is 0 Å². The smallest absolute Gasteiger partial charge is 0.266 e. The number of nitrogens with zero attached hydrogens (tertiary/aromatic N) is 1. The lowest BCUT2D eigenvalue weighted by molar-refractivity contribution is -0.112. The van der Waals surface area contributed by atoms with Crippen LogP contribution in [-0.4, -0.2) is 19.3 Å². The Bertz CT molecular complexity index is 868. The Balaban J connectivity index is 1.77. The molecular weight excluding hydrogens is 320 g/mol. The molecule has 0 saturated heterocycles. The van der Waals surface area contributed by atoms with E-state index in [1.54, 1.807) is 30.3 Å². The second-order valence-electron chi connectivity index (χ2n) is 5.20. The highest BCUT2D eigenvalue weighted by Crippen LogP contribution is 2.34. The Morgan fingerprint density at radius 3 is 2.92 bits per heavy atom. The van der Waals surface area contributed by atoms with Gasteiger partial charge in [0.05, 0.1) is 6.61 Å². The summed E-state index contributed by atoms with van der Waals surface area (Å²) >= 11 is 0. The fourth-order valence-corrected chi connectivity index (χ4v) is 2.35. The average Bonchev–Trinajstić information content (AvgIpc) is 3.08. The second kappa shape index (κ2) is 7.41. The summed E-state index contributed by atoms with van der Waals surface area (Å²) in [5.41, 5.74) is 1.23. The highest BCUT2D eigenvalue weighted by molar-refractivity contribution is 6.09. The number of nitriles is 1. The van der Waals surface area contributed by atoms with E-state index in [4.69, 9.17) is 14.2 Å². The number of fused-ring (bicyclic) bond motifs is 1. The van der Waals surface area contributed by atoms with Gasteiger partial charge in [-0.2, -0.15) is 5.26 Å². The molecule has 126 valence electrons. The van der Waals surface area contributed by atoms with Gasteiger partial charge in [-0.05, 0) is 42.8 Å². The Hall–Kier alpha value is -3.46. The van der Waals surface area contributed by atoms with Gasteiger partial charge in [-0.25, -0.2) is 0 Å². The molecule has 2 aromatic rings. The van der Waals surface area contributed by atoms with Crippen molar-refractivity contribution in [2.75, 3.05) is 18.7 Å². The van der Waals surface area contributed by atoms with Crippen molar-refractivity contribution in [3.63, 3.8) is 0 Å². The van der Waals surface area contributed by atoms with Crippen LogP contribution in [0.1, 0.15) is 12.5 Å². The molecular formula is C19H16N2O4. The van der Waals surface area contributed by atoms with Crippen molar-refractivity contribution in [2.24, 2.45) is 0 Å². The van der Waals surface area contributed by atoms with Crippen molar-refractivity contribution < 1.29 is 19.0 Å². The van der Waals surface area contributed by atoms with Crippen molar-refractivity contribution in [3.8, 4) is 23.3 Å². The van der Waals surface area contributed by atoms with Gasteiger partial charge in [-0.1, -0.05) is 12.1 Å². The van der Waals surface area contributed by atoms with Crippen LogP contribution in [0.3, 0.4) is 0 Å². The van der Waals surface area contributed by atoms with Gasteiger partial charge >= 0.3 is 0 Å². The summed E-state index contributed by atoms with van der Waals surface area (Å²) in [5.74, 6) is 1.37. The zero-order chi connectivity index (χ0) is 17.6. The molecule has 0 fully saturated rings. The molecule has 0 spiro atoms.